The molecular formula is C13H11F2NO. The maximum Gasteiger partial charge on any atom is 0.163 e. The summed E-state index contributed by atoms with van der Waals surface area (Å²) in [6.07, 6.45) is 0. The fraction of sp³-hybridized carbons (Fsp3) is 0.0769. The van der Waals surface area contributed by atoms with Crippen molar-refractivity contribution in [3.8, 4) is 5.75 Å². The van der Waals surface area contributed by atoms with E-state index in [1.807, 2.05) is 0 Å². The van der Waals surface area contributed by atoms with Crippen molar-refractivity contribution in [1.29, 1.82) is 0 Å². The Labute approximate surface area is 97.5 Å². The van der Waals surface area contributed by atoms with Crippen LogP contribution in [-0.2, 0) is 6.54 Å². The molecule has 17 heavy (non-hydrogen) atoms. The van der Waals surface area contributed by atoms with E-state index in [1.54, 1.807) is 12.1 Å². The first-order valence-corrected chi connectivity index (χ1v) is 5.12. The SMILES string of the molecule is Oc1cccc(NCc2cccc(F)c2F)c1. The number of hydrogen-bond donors (Lipinski definition) is 2. The molecule has 0 spiro atoms. The Hall–Kier alpha value is -2.10. The van der Waals surface area contributed by atoms with Gasteiger partial charge in [0, 0.05) is 23.9 Å². The van der Waals surface area contributed by atoms with E-state index in [9.17, 15) is 13.9 Å². The third-order valence-electron chi connectivity index (χ3n) is 2.36. The highest BCUT2D eigenvalue weighted by Crippen LogP contribution is 2.17. The predicted octanol–water partition coefficient (Wildman–Crippen LogP) is 3.28. The highest BCUT2D eigenvalue weighted by molar-refractivity contribution is 5.48. The number of halogens is 2. The molecule has 88 valence electrons. The van der Waals surface area contributed by atoms with E-state index in [-0.39, 0.29) is 17.9 Å². The quantitative estimate of drug-likeness (QED) is 0.855. The number of hydrogen-bond acceptors (Lipinski definition) is 2. The zero-order valence-corrected chi connectivity index (χ0v) is 8.95. The molecule has 0 saturated heterocycles. The van der Waals surface area contributed by atoms with Crippen LogP contribution in [0.3, 0.4) is 0 Å². The van der Waals surface area contributed by atoms with Gasteiger partial charge in [-0.1, -0.05) is 18.2 Å². The molecular weight excluding hydrogens is 224 g/mol. The zero-order chi connectivity index (χ0) is 12.3. The van der Waals surface area contributed by atoms with E-state index in [0.717, 1.165) is 6.07 Å². The third kappa shape index (κ3) is 2.72. The number of rotatable bonds is 3. The molecule has 0 aliphatic heterocycles. The number of nitrogens with one attached hydrogen (secondary N) is 1. The van der Waals surface area contributed by atoms with Crippen molar-refractivity contribution in [2.45, 2.75) is 6.54 Å². The topological polar surface area (TPSA) is 32.3 Å². The van der Waals surface area contributed by atoms with Crippen LogP contribution in [0.5, 0.6) is 5.75 Å². The van der Waals surface area contributed by atoms with Crippen LogP contribution in [-0.4, -0.2) is 5.11 Å². The third-order valence-corrected chi connectivity index (χ3v) is 2.36. The van der Waals surface area contributed by atoms with E-state index < -0.39 is 11.6 Å². The Morgan fingerprint density at radius 3 is 2.59 bits per heavy atom. The lowest BCUT2D eigenvalue weighted by Crippen LogP contribution is -2.02. The molecule has 4 heteroatoms. The molecule has 0 amide bonds. The summed E-state index contributed by atoms with van der Waals surface area (Å²) in [5.41, 5.74) is 0.891. The molecule has 2 nitrogen and oxygen atoms in total. The molecule has 0 aliphatic rings. The molecule has 0 fully saturated rings. The number of benzene rings is 2. The van der Waals surface area contributed by atoms with E-state index >= 15 is 0 Å². The second kappa shape index (κ2) is 4.82. The second-order valence-corrected chi connectivity index (χ2v) is 3.62. The van der Waals surface area contributed by atoms with Crippen LogP contribution in [0, 0.1) is 11.6 Å². The van der Waals surface area contributed by atoms with Crippen molar-refractivity contribution >= 4 is 5.69 Å². The molecule has 0 unspecified atom stereocenters. The number of aromatic hydroxyl groups is 1. The van der Waals surface area contributed by atoms with Crippen LogP contribution in [0.4, 0.5) is 14.5 Å². The van der Waals surface area contributed by atoms with Gasteiger partial charge in [0.15, 0.2) is 11.6 Å². The van der Waals surface area contributed by atoms with Gasteiger partial charge in [0.1, 0.15) is 5.75 Å². The lowest BCUT2D eigenvalue weighted by atomic mass is 10.2. The molecule has 0 atom stereocenters. The van der Waals surface area contributed by atoms with Crippen LogP contribution >= 0.6 is 0 Å². The van der Waals surface area contributed by atoms with Gasteiger partial charge in [-0.05, 0) is 18.2 Å². The summed E-state index contributed by atoms with van der Waals surface area (Å²) in [5.74, 6) is -1.59. The summed E-state index contributed by atoms with van der Waals surface area (Å²) in [6.45, 7) is 0.160. The summed E-state index contributed by atoms with van der Waals surface area (Å²) in [6, 6.07) is 10.5. The maximum atomic E-state index is 13.3. The summed E-state index contributed by atoms with van der Waals surface area (Å²) in [7, 11) is 0. The second-order valence-electron chi connectivity index (χ2n) is 3.62. The van der Waals surface area contributed by atoms with Gasteiger partial charge in [-0.2, -0.15) is 0 Å². The Morgan fingerprint density at radius 2 is 1.82 bits per heavy atom. The van der Waals surface area contributed by atoms with Gasteiger partial charge >= 0.3 is 0 Å². The van der Waals surface area contributed by atoms with Crippen molar-refractivity contribution in [3.63, 3.8) is 0 Å². The van der Waals surface area contributed by atoms with Crippen LogP contribution in [0.1, 0.15) is 5.56 Å². The standard InChI is InChI=1S/C13H11F2NO/c14-12-6-1-3-9(13(12)15)8-16-10-4-2-5-11(17)7-10/h1-7,16-17H,8H2. The van der Waals surface area contributed by atoms with Crippen LogP contribution < -0.4 is 5.32 Å². The lowest BCUT2D eigenvalue weighted by Gasteiger charge is -2.08. The van der Waals surface area contributed by atoms with E-state index in [2.05, 4.69) is 5.32 Å². The Morgan fingerprint density at radius 1 is 1.06 bits per heavy atom. The van der Waals surface area contributed by atoms with Crippen molar-refractivity contribution in [1.82, 2.24) is 0 Å². The highest BCUT2D eigenvalue weighted by atomic mass is 19.2. The van der Waals surface area contributed by atoms with E-state index in [1.165, 1.54) is 24.3 Å². The maximum absolute atomic E-state index is 13.3. The monoisotopic (exact) mass is 235 g/mol. The Bertz CT molecular complexity index is 529. The van der Waals surface area contributed by atoms with Crippen LogP contribution in [0.15, 0.2) is 42.5 Å². The molecule has 0 radical (unpaired) electrons. The summed E-state index contributed by atoms with van der Waals surface area (Å²) in [5, 5.41) is 12.1. The molecule has 0 heterocycles. The molecule has 0 bridgehead atoms. The summed E-state index contributed by atoms with van der Waals surface area (Å²) in [4.78, 5) is 0. The molecule has 2 aromatic rings. The van der Waals surface area contributed by atoms with Crippen molar-refractivity contribution in [2.24, 2.45) is 0 Å². The number of phenols is 1. The first-order chi connectivity index (χ1) is 8.16. The number of anilines is 1. The number of phenolic OH excluding ortho intramolecular Hbond substituents is 1. The highest BCUT2D eigenvalue weighted by Gasteiger charge is 2.06. The molecule has 0 aliphatic carbocycles. The largest absolute Gasteiger partial charge is 0.508 e. The summed E-state index contributed by atoms with van der Waals surface area (Å²) >= 11 is 0. The Balaban J connectivity index is 2.10. The average Bonchev–Trinajstić information content (AvgIpc) is 2.31. The van der Waals surface area contributed by atoms with Crippen molar-refractivity contribution in [2.75, 3.05) is 5.32 Å². The van der Waals surface area contributed by atoms with Gasteiger partial charge in [0.25, 0.3) is 0 Å². The molecule has 2 aromatic carbocycles. The Kier molecular flexibility index (Phi) is 3.23. The van der Waals surface area contributed by atoms with E-state index in [0.29, 0.717) is 5.69 Å². The normalized spacial score (nSPS) is 10.2. The van der Waals surface area contributed by atoms with Gasteiger partial charge in [0.2, 0.25) is 0 Å². The predicted molar refractivity (Wildman–Crippen MR) is 61.8 cm³/mol. The van der Waals surface area contributed by atoms with Crippen molar-refractivity contribution < 1.29 is 13.9 Å². The summed E-state index contributed by atoms with van der Waals surface area (Å²) < 4.78 is 26.2. The first-order valence-electron chi connectivity index (χ1n) is 5.12. The van der Waals surface area contributed by atoms with Gasteiger partial charge < -0.3 is 10.4 Å². The minimum atomic E-state index is -0.861. The molecule has 0 aromatic heterocycles. The van der Waals surface area contributed by atoms with E-state index in [4.69, 9.17) is 0 Å². The van der Waals surface area contributed by atoms with Gasteiger partial charge in [0.05, 0.1) is 0 Å². The van der Waals surface area contributed by atoms with Crippen LogP contribution in [0.2, 0.25) is 0 Å². The van der Waals surface area contributed by atoms with Gasteiger partial charge in [-0.3, -0.25) is 0 Å². The minimum Gasteiger partial charge on any atom is -0.508 e. The van der Waals surface area contributed by atoms with Gasteiger partial charge in [-0.25, -0.2) is 8.78 Å². The lowest BCUT2D eigenvalue weighted by molar-refractivity contribution is 0.475. The van der Waals surface area contributed by atoms with Gasteiger partial charge in [-0.15, -0.1) is 0 Å². The first kappa shape index (κ1) is 11.4. The fourth-order valence-electron chi connectivity index (χ4n) is 1.50. The minimum absolute atomic E-state index is 0.120. The molecule has 0 saturated carbocycles. The zero-order valence-electron chi connectivity index (χ0n) is 8.95. The van der Waals surface area contributed by atoms with Crippen LogP contribution in [0.25, 0.3) is 0 Å². The smallest absolute Gasteiger partial charge is 0.163 e. The fourth-order valence-corrected chi connectivity index (χ4v) is 1.50. The van der Waals surface area contributed by atoms with Crippen molar-refractivity contribution in [3.05, 3.63) is 59.7 Å². The average molecular weight is 235 g/mol. The molecule has 2 rings (SSSR count). The molecule has 2 N–H and O–H groups in total.